The number of likely N-dealkylation sites (tertiary alicyclic amines) is 1. The molecule has 0 saturated carbocycles. The summed E-state index contributed by atoms with van der Waals surface area (Å²) in [5.74, 6) is -0.539. The van der Waals surface area contributed by atoms with Gasteiger partial charge in [0.1, 0.15) is 6.42 Å². The lowest BCUT2D eigenvalue weighted by Gasteiger charge is -2.35. The minimum Gasteiger partial charge on any atom is -0.369 e. The number of rotatable bonds is 6. The first-order valence-corrected chi connectivity index (χ1v) is 13.2. The number of carbonyl (C=O) groups is 2. The molecule has 1 fully saturated rings. The molecule has 0 unspecified atom stereocenters. The van der Waals surface area contributed by atoms with Gasteiger partial charge in [0, 0.05) is 49.2 Å². The van der Waals surface area contributed by atoms with Gasteiger partial charge in [-0.3, -0.25) is 9.59 Å². The molecule has 0 aliphatic carbocycles. The molecule has 3 N–H and O–H groups in total. The highest BCUT2D eigenvalue weighted by molar-refractivity contribution is 5.97. The van der Waals surface area contributed by atoms with E-state index in [1.54, 1.807) is 48.7 Å². The van der Waals surface area contributed by atoms with E-state index in [-0.39, 0.29) is 31.0 Å². The number of benzene rings is 1. The highest BCUT2D eigenvalue weighted by Crippen LogP contribution is 2.30. The smallest absolute Gasteiger partial charge is 0.369 e. The molecule has 3 heterocycles. The summed E-state index contributed by atoms with van der Waals surface area (Å²) in [4.78, 5) is 38.9. The Bertz CT molecular complexity index is 1270. The van der Waals surface area contributed by atoms with Crippen molar-refractivity contribution in [1.29, 1.82) is 0 Å². The molecule has 0 radical (unpaired) electrons. The molecule has 0 bridgehead atoms. The number of nitrogens with one attached hydrogen (secondary N) is 1. The fourth-order valence-electron chi connectivity index (χ4n) is 4.90. The Labute approximate surface area is 231 Å². The molecule has 2 aromatic rings. The molecule has 1 aromatic carbocycles. The van der Waals surface area contributed by atoms with E-state index >= 15 is 0 Å². The molecule has 2 amide bonds. The Morgan fingerprint density at radius 1 is 1.15 bits per heavy atom. The summed E-state index contributed by atoms with van der Waals surface area (Å²) in [5, 5.41) is 3.01. The van der Waals surface area contributed by atoms with Crippen LogP contribution in [0.5, 0.6) is 0 Å². The number of anilines is 1. The lowest BCUT2D eigenvalue weighted by atomic mass is 10.00. The number of aromatic nitrogens is 1. The molecular formula is C28H34F3N7O2. The van der Waals surface area contributed by atoms with E-state index in [0.717, 1.165) is 31.5 Å². The van der Waals surface area contributed by atoms with Gasteiger partial charge >= 0.3 is 6.18 Å². The fraction of sp³-hybridized carbons (Fsp3) is 0.429. The van der Waals surface area contributed by atoms with Crippen molar-refractivity contribution in [1.82, 2.24) is 19.7 Å². The van der Waals surface area contributed by atoms with Crippen LogP contribution in [0.4, 0.5) is 24.7 Å². The second-order valence-electron chi connectivity index (χ2n) is 10.1. The van der Waals surface area contributed by atoms with Gasteiger partial charge in [-0.05, 0) is 81.4 Å². The number of aliphatic imine (C=N–C) groups is 1. The Kier molecular flexibility index (Phi) is 9.08. The molecule has 2 aliphatic heterocycles. The van der Waals surface area contributed by atoms with E-state index in [9.17, 15) is 22.8 Å². The highest BCUT2D eigenvalue weighted by atomic mass is 19.4. The maximum absolute atomic E-state index is 13.0. The zero-order valence-electron chi connectivity index (χ0n) is 22.6. The van der Waals surface area contributed by atoms with Gasteiger partial charge in [-0.25, -0.2) is 4.98 Å². The number of nitrogens with zero attached hydrogens (tertiary/aromatic N) is 5. The van der Waals surface area contributed by atoms with Crippen molar-refractivity contribution in [3.63, 3.8) is 0 Å². The van der Waals surface area contributed by atoms with Crippen LogP contribution in [0.3, 0.4) is 0 Å². The van der Waals surface area contributed by atoms with Crippen LogP contribution in [-0.2, 0) is 4.79 Å². The molecule has 40 heavy (non-hydrogen) atoms. The van der Waals surface area contributed by atoms with Crippen molar-refractivity contribution in [2.75, 3.05) is 45.6 Å². The van der Waals surface area contributed by atoms with Gasteiger partial charge in [-0.1, -0.05) is 6.08 Å². The summed E-state index contributed by atoms with van der Waals surface area (Å²) in [5.41, 5.74) is 8.90. The van der Waals surface area contributed by atoms with E-state index in [1.807, 2.05) is 11.9 Å². The second kappa shape index (κ2) is 12.5. The average Bonchev–Trinajstić information content (AvgIpc) is 2.92. The first-order valence-electron chi connectivity index (χ1n) is 13.2. The molecule has 1 saturated heterocycles. The van der Waals surface area contributed by atoms with Crippen LogP contribution in [0.2, 0.25) is 0 Å². The lowest BCUT2D eigenvalue weighted by Crippen LogP contribution is -2.44. The highest BCUT2D eigenvalue weighted by Gasteiger charge is 2.34. The van der Waals surface area contributed by atoms with Crippen LogP contribution < -0.4 is 11.1 Å². The van der Waals surface area contributed by atoms with Crippen molar-refractivity contribution in [3.8, 4) is 0 Å². The van der Waals surface area contributed by atoms with E-state index in [2.05, 4.69) is 27.2 Å². The summed E-state index contributed by atoms with van der Waals surface area (Å²) in [6.45, 7) is 2.19. The molecule has 4 rings (SSSR count). The largest absolute Gasteiger partial charge is 0.397 e. The monoisotopic (exact) mass is 557 g/mol. The average molecular weight is 558 g/mol. The molecule has 9 nitrogen and oxygen atoms in total. The van der Waals surface area contributed by atoms with Crippen molar-refractivity contribution in [3.05, 3.63) is 59.8 Å². The zero-order valence-corrected chi connectivity index (χ0v) is 22.6. The normalized spacial score (nSPS) is 17.4. The van der Waals surface area contributed by atoms with Gasteiger partial charge in [-0.15, -0.1) is 0 Å². The number of amides is 2. The minimum atomic E-state index is -4.53. The Morgan fingerprint density at radius 3 is 2.48 bits per heavy atom. The summed E-state index contributed by atoms with van der Waals surface area (Å²) in [7, 11) is 3.93. The molecular weight excluding hydrogens is 523 g/mol. The van der Waals surface area contributed by atoms with Gasteiger partial charge in [0.15, 0.2) is 11.8 Å². The molecule has 2 aliphatic rings. The minimum absolute atomic E-state index is 0.0275. The summed E-state index contributed by atoms with van der Waals surface area (Å²) < 4.78 is 37.7. The Hall–Kier alpha value is -3.93. The number of halogens is 3. The van der Waals surface area contributed by atoms with Gasteiger partial charge in [0.25, 0.3) is 5.91 Å². The standard InChI is InChI=1S/C28H34F3N7O2/c1-36-14-11-22(12-15-36)37(2)26(40)20-5-7-21(8-6-20)34-27(32)35-25-23(4-3-13-33-25)19-9-16-38(17-10-19)24(39)18-28(29,30)31/h3-9,13,22H,10-12,14-18H2,1-2H3,(H3,32,33,34,35). The number of guanidine groups is 1. The Balaban J connectivity index is 1.39. The third kappa shape index (κ3) is 7.59. The molecule has 0 atom stereocenters. The zero-order chi connectivity index (χ0) is 28.9. The van der Waals surface area contributed by atoms with Crippen LogP contribution >= 0.6 is 0 Å². The van der Waals surface area contributed by atoms with E-state index in [0.29, 0.717) is 29.1 Å². The van der Waals surface area contributed by atoms with Gasteiger partial charge in [-0.2, -0.15) is 18.2 Å². The molecule has 214 valence electrons. The quantitative estimate of drug-likeness (QED) is 0.413. The first kappa shape index (κ1) is 29.1. The third-order valence-electron chi connectivity index (χ3n) is 7.23. The Morgan fingerprint density at radius 2 is 1.85 bits per heavy atom. The lowest BCUT2D eigenvalue weighted by molar-refractivity contribution is -0.161. The van der Waals surface area contributed by atoms with Crippen molar-refractivity contribution in [2.24, 2.45) is 10.7 Å². The predicted octanol–water partition coefficient (Wildman–Crippen LogP) is 3.87. The van der Waals surface area contributed by atoms with Gasteiger partial charge in [0.2, 0.25) is 5.91 Å². The summed E-state index contributed by atoms with van der Waals surface area (Å²) >= 11 is 0. The number of carbonyl (C=O) groups excluding carboxylic acids is 2. The SMILES string of the molecule is CN1CCC(N(C)C(=O)c2ccc(NC(N)=Nc3ncccc3C3=CCN(C(=O)CC(F)(F)F)CC3)cc2)CC1. The third-order valence-corrected chi connectivity index (χ3v) is 7.23. The topological polar surface area (TPSA) is 107 Å². The van der Waals surface area contributed by atoms with Gasteiger partial charge in [0.05, 0.1) is 0 Å². The van der Waals surface area contributed by atoms with E-state index in [1.165, 1.54) is 4.90 Å². The number of piperidine rings is 1. The van der Waals surface area contributed by atoms with Crippen LogP contribution in [0, 0.1) is 0 Å². The molecule has 12 heteroatoms. The first-order chi connectivity index (χ1) is 19.0. The maximum atomic E-state index is 13.0. The van der Waals surface area contributed by atoms with Crippen molar-refractivity contribution in [2.45, 2.75) is 37.9 Å². The number of pyridine rings is 1. The summed E-state index contributed by atoms with van der Waals surface area (Å²) in [6.07, 6.45) is -0.444. The molecule has 0 spiro atoms. The number of hydrogen-bond acceptors (Lipinski definition) is 5. The predicted molar refractivity (Wildman–Crippen MR) is 148 cm³/mol. The number of hydrogen-bond donors (Lipinski definition) is 2. The maximum Gasteiger partial charge on any atom is 0.397 e. The van der Waals surface area contributed by atoms with E-state index < -0.39 is 18.5 Å². The van der Waals surface area contributed by atoms with Gasteiger partial charge < -0.3 is 25.8 Å². The number of alkyl halides is 3. The van der Waals surface area contributed by atoms with Crippen LogP contribution in [0.25, 0.3) is 5.57 Å². The van der Waals surface area contributed by atoms with Crippen molar-refractivity contribution >= 4 is 34.9 Å². The fourth-order valence-corrected chi connectivity index (χ4v) is 4.90. The van der Waals surface area contributed by atoms with E-state index in [4.69, 9.17) is 5.73 Å². The van der Waals surface area contributed by atoms with Crippen molar-refractivity contribution < 1.29 is 22.8 Å². The van der Waals surface area contributed by atoms with Crippen LogP contribution in [0.15, 0.2) is 53.7 Å². The van der Waals surface area contributed by atoms with Crippen LogP contribution in [0.1, 0.15) is 41.6 Å². The second-order valence-corrected chi connectivity index (χ2v) is 10.1. The summed E-state index contributed by atoms with van der Waals surface area (Å²) in [6, 6.07) is 10.8. The van der Waals surface area contributed by atoms with Crippen LogP contribution in [-0.4, -0.2) is 90.0 Å². The number of nitrogens with two attached hydrogens (primary N) is 1. The molecule has 1 aromatic heterocycles.